The molecule has 0 spiro atoms. The van der Waals surface area contributed by atoms with Gasteiger partial charge in [-0.1, -0.05) is 23.7 Å². The summed E-state index contributed by atoms with van der Waals surface area (Å²) in [6.45, 7) is 1.93. The third-order valence-electron chi connectivity index (χ3n) is 2.88. The normalized spacial score (nSPS) is 17.1. The van der Waals surface area contributed by atoms with Crippen LogP contribution >= 0.6 is 11.6 Å². The van der Waals surface area contributed by atoms with Gasteiger partial charge in [-0.15, -0.1) is 0 Å². The minimum atomic E-state index is -0.0460. The number of hydrogen-bond acceptors (Lipinski definition) is 3. The van der Waals surface area contributed by atoms with E-state index in [1.807, 2.05) is 4.90 Å². The van der Waals surface area contributed by atoms with E-state index in [2.05, 4.69) is 5.32 Å². The van der Waals surface area contributed by atoms with Crippen LogP contribution in [-0.2, 0) is 4.79 Å². The molecule has 0 aromatic heterocycles. The van der Waals surface area contributed by atoms with Gasteiger partial charge < -0.3 is 5.32 Å². The molecule has 1 heterocycles. The third-order valence-corrected chi connectivity index (χ3v) is 3.21. The summed E-state index contributed by atoms with van der Waals surface area (Å²) in [6, 6.07) is 6.99. The largest absolute Gasteiger partial charge is 0.355 e. The SMILES string of the molecule is O=C1CN(CC(=O)c2ccccc2Cl)CCCN1. The van der Waals surface area contributed by atoms with E-state index in [-0.39, 0.29) is 24.8 Å². The van der Waals surface area contributed by atoms with Crippen LogP contribution in [0.4, 0.5) is 0 Å². The van der Waals surface area contributed by atoms with Crippen LogP contribution in [0.3, 0.4) is 0 Å². The molecular weight excluding hydrogens is 252 g/mol. The Morgan fingerprint density at radius 1 is 1.39 bits per heavy atom. The van der Waals surface area contributed by atoms with Crippen LogP contribution in [-0.4, -0.2) is 42.8 Å². The van der Waals surface area contributed by atoms with Gasteiger partial charge in [-0.2, -0.15) is 0 Å². The fourth-order valence-corrected chi connectivity index (χ4v) is 2.22. The molecule has 1 fully saturated rings. The van der Waals surface area contributed by atoms with E-state index in [0.717, 1.165) is 13.0 Å². The lowest BCUT2D eigenvalue weighted by atomic mass is 10.1. The molecule has 1 aliphatic heterocycles. The second-order valence-electron chi connectivity index (χ2n) is 4.32. The molecule has 0 aliphatic carbocycles. The van der Waals surface area contributed by atoms with Gasteiger partial charge >= 0.3 is 0 Å². The molecule has 0 atom stereocenters. The molecule has 2 rings (SSSR count). The van der Waals surface area contributed by atoms with E-state index >= 15 is 0 Å². The first-order valence-electron chi connectivity index (χ1n) is 5.93. The average Bonchev–Trinajstić information content (AvgIpc) is 2.54. The Morgan fingerprint density at radius 2 is 2.17 bits per heavy atom. The molecule has 1 aliphatic rings. The summed E-state index contributed by atoms with van der Waals surface area (Å²) in [7, 11) is 0. The summed E-state index contributed by atoms with van der Waals surface area (Å²) < 4.78 is 0. The molecule has 1 amide bonds. The summed E-state index contributed by atoms with van der Waals surface area (Å²) >= 11 is 5.98. The van der Waals surface area contributed by atoms with Gasteiger partial charge in [0.05, 0.1) is 18.1 Å². The van der Waals surface area contributed by atoms with Gasteiger partial charge in [-0.3, -0.25) is 14.5 Å². The van der Waals surface area contributed by atoms with Gasteiger partial charge in [0.2, 0.25) is 5.91 Å². The topological polar surface area (TPSA) is 49.4 Å². The lowest BCUT2D eigenvalue weighted by Crippen LogP contribution is -2.36. The van der Waals surface area contributed by atoms with Crippen molar-refractivity contribution in [2.45, 2.75) is 6.42 Å². The monoisotopic (exact) mass is 266 g/mol. The van der Waals surface area contributed by atoms with Crippen LogP contribution in [0.15, 0.2) is 24.3 Å². The molecular formula is C13H15ClN2O2. The third kappa shape index (κ3) is 3.31. The van der Waals surface area contributed by atoms with Crippen LogP contribution < -0.4 is 5.32 Å². The summed E-state index contributed by atoms with van der Waals surface area (Å²) in [4.78, 5) is 25.3. The first-order valence-corrected chi connectivity index (χ1v) is 6.31. The van der Waals surface area contributed by atoms with Crippen molar-refractivity contribution in [2.75, 3.05) is 26.2 Å². The molecule has 0 radical (unpaired) electrons. The van der Waals surface area contributed by atoms with Gasteiger partial charge in [-0.25, -0.2) is 0 Å². The molecule has 1 saturated heterocycles. The summed E-state index contributed by atoms with van der Waals surface area (Å²) in [5, 5.41) is 3.24. The molecule has 18 heavy (non-hydrogen) atoms. The highest BCUT2D eigenvalue weighted by Gasteiger charge is 2.19. The Hall–Kier alpha value is -1.39. The fraction of sp³-hybridized carbons (Fsp3) is 0.385. The number of nitrogens with one attached hydrogen (secondary N) is 1. The van der Waals surface area contributed by atoms with E-state index in [0.29, 0.717) is 17.1 Å². The minimum absolute atomic E-state index is 0.0283. The highest BCUT2D eigenvalue weighted by molar-refractivity contribution is 6.34. The first-order chi connectivity index (χ1) is 8.66. The van der Waals surface area contributed by atoms with E-state index < -0.39 is 0 Å². The predicted octanol–water partition coefficient (Wildman–Crippen LogP) is 1.34. The van der Waals surface area contributed by atoms with E-state index in [9.17, 15) is 9.59 Å². The molecule has 0 unspecified atom stereocenters. The average molecular weight is 267 g/mol. The fourth-order valence-electron chi connectivity index (χ4n) is 1.98. The van der Waals surface area contributed by atoms with Gasteiger partial charge in [0.1, 0.15) is 0 Å². The lowest BCUT2D eigenvalue weighted by Gasteiger charge is -2.17. The van der Waals surface area contributed by atoms with E-state index in [1.165, 1.54) is 0 Å². The highest BCUT2D eigenvalue weighted by Crippen LogP contribution is 2.16. The number of nitrogens with zero attached hydrogens (tertiary/aromatic N) is 1. The van der Waals surface area contributed by atoms with Crippen LogP contribution in [0.1, 0.15) is 16.8 Å². The van der Waals surface area contributed by atoms with E-state index in [1.54, 1.807) is 24.3 Å². The molecule has 5 heteroatoms. The number of carbonyl (C=O) groups excluding carboxylic acids is 2. The number of halogens is 1. The number of ketones is 1. The van der Waals surface area contributed by atoms with Crippen molar-refractivity contribution in [1.29, 1.82) is 0 Å². The zero-order valence-corrected chi connectivity index (χ0v) is 10.7. The van der Waals surface area contributed by atoms with Crippen LogP contribution in [0.2, 0.25) is 5.02 Å². The molecule has 96 valence electrons. The van der Waals surface area contributed by atoms with Crippen molar-refractivity contribution in [2.24, 2.45) is 0 Å². The number of Topliss-reactive ketones (excluding diaryl/α,β-unsaturated/α-hetero) is 1. The van der Waals surface area contributed by atoms with Gasteiger partial charge in [0.15, 0.2) is 5.78 Å². The molecule has 1 aromatic rings. The summed E-state index contributed by atoms with van der Waals surface area (Å²) in [6.07, 6.45) is 0.863. The van der Waals surface area contributed by atoms with Gasteiger partial charge in [-0.05, 0) is 18.6 Å². The maximum Gasteiger partial charge on any atom is 0.234 e. The molecule has 1 N–H and O–H groups in total. The molecule has 1 aromatic carbocycles. The maximum absolute atomic E-state index is 12.1. The smallest absolute Gasteiger partial charge is 0.234 e. The number of benzene rings is 1. The molecule has 0 saturated carbocycles. The molecule has 4 nitrogen and oxygen atoms in total. The predicted molar refractivity (Wildman–Crippen MR) is 69.8 cm³/mol. The summed E-state index contributed by atoms with van der Waals surface area (Å²) in [5.74, 6) is -0.0743. The Labute approximate surface area is 111 Å². The highest BCUT2D eigenvalue weighted by atomic mass is 35.5. The van der Waals surface area contributed by atoms with Gasteiger partial charge in [0.25, 0.3) is 0 Å². The number of rotatable bonds is 3. The number of hydrogen-bond donors (Lipinski definition) is 1. The molecule has 0 bridgehead atoms. The van der Waals surface area contributed by atoms with Crippen molar-refractivity contribution in [3.63, 3.8) is 0 Å². The minimum Gasteiger partial charge on any atom is -0.355 e. The quantitative estimate of drug-likeness (QED) is 0.840. The van der Waals surface area contributed by atoms with Crippen molar-refractivity contribution in [3.05, 3.63) is 34.9 Å². The van der Waals surface area contributed by atoms with Crippen molar-refractivity contribution in [3.8, 4) is 0 Å². The Morgan fingerprint density at radius 3 is 2.94 bits per heavy atom. The standard InChI is InChI=1S/C13H15ClN2O2/c14-11-5-2-1-4-10(11)12(17)8-16-7-3-6-15-13(18)9-16/h1-2,4-5H,3,6-9H2,(H,15,18). The lowest BCUT2D eigenvalue weighted by molar-refractivity contribution is -0.121. The van der Waals surface area contributed by atoms with Crippen molar-refractivity contribution in [1.82, 2.24) is 10.2 Å². The summed E-state index contributed by atoms with van der Waals surface area (Å²) in [5.41, 5.74) is 0.517. The second kappa shape index (κ2) is 5.98. The number of carbonyl (C=O) groups is 2. The van der Waals surface area contributed by atoms with Crippen LogP contribution in [0.25, 0.3) is 0 Å². The Balaban J connectivity index is 2.02. The van der Waals surface area contributed by atoms with Crippen LogP contribution in [0.5, 0.6) is 0 Å². The first kappa shape index (κ1) is 13.1. The van der Waals surface area contributed by atoms with Crippen molar-refractivity contribution >= 4 is 23.3 Å². The number of amides is 1. The van der Waals surface area contributed by atoms with E-state index in [4.69, 9.17) is 11.6 Å². The zero-order chi connectivity index (χ0) is 13.0. The Kier molecular flexibility index (Phi) is 4.33. The Bertz CT molecular complexity index is 462. The van der Waals surface area contributed by atoms with Gasteiger partial charge in [0, 0.05) is 18.7 Å². The van der Waals surface area contributed by atoms with Crippen LogP contribution in [0, 0.1) is 0 Å². The van der Waals surface area contributed by atoms with Crippen molar-refractivity contribution < 1.29 is 9.59 Å². The zero-order valence-electron chi connectivity index (χ0n) is 9.99. The maximum atomic E-state index is 12.1. The second-order valence-corrected chi connectivity index (χ2v) is 4.72.